The summed E-state index contributed by atoms with van der Waals surface area (Å²) in [7, 11) is 6.99. The quantitative estimate of drug-likeness (QED) is 0.0688. The zero-order valence-corrected chi connectivity index (χ0v) is 49.0. The lowest BCUT2D eigenvalue weighted by molar-refractivity contribution is 0.0990. The van der Waals surface area contributed by atoms with Gasteiger partial charge in [-0.1, -0.05) is 129 Å². The lowest BCUT2D eigenvalue weighted by atomic mass is 9.99. The van der Waals surface area contributed by atoms with Gasteiger partial charge in [-0.25, -0.2) is 0 Å². The van der Waals surface area contributed by atoms with Crippen molar-refractivity contribution in [3.05, 3.63) is 234 Å². The Morgan fingerprint density at radius 1 is 0.477 bits per heavy atom. The van der Waals surface area contributed by atoms with E-state index in [1.165, 1.54) is 5.56 Å². The van der Waals surface area contributed by atoms with Crippen molar-refractivity contribution in [3.8, 4) is 11.5 Å². The molecule has 86 heavy (non-hydrogen) atoms. The fourth-order valence-corrected chi connectivity index (χ4v) is 12.0. The van der Waals surface area contributed by atoms with Gasteiger partial charge >= 0.3 is 0 Å². The number of rotatable bonds is 17. The summed E-state index contributed by atoms with van der Waals surface area (Å²) >= 11 is 0. The number of hydroxylamine groups is 1. The van der Waals surface area contributed by atoms with Crippen LogP contribution in [0.2, 0.25) is 0 Å². The number of methoxy groups -OCH3 is 2. The number of fused-ring (bicyclic) bond motifs is 10. The van der Waals surface area contributed by atoms with Crippen LogP contribution in [0.4, 0.5) is 51.2 Å². The zero-order chi connectivity index (χ0) is 59.0. The van der Waals surface area contributed by atoms with Crippen molar-refractivity contribution in [2.75, 3.05) is 43.2 Å². The average Bonchev–Trinajstić information content (AvgIpc) is 1.69. The summed E-state index contributed by atoms with van der Waals surface area (Å²) in [6.45, 7) is 6.55. The normalized spacial score (nSPS) is 11.8. The number of nitrogens with one attached hydrogen (secondary N) is 2. The van der Waals surface area contributed by atoms with Crippen molar-refractivity contribution in [2.45, 2.75) is 40.2 Å². The number of ether oxygens (including phenoxy) is 2. The molecule has 0 spiro atoms. The van der Waals surface area contributed by atoms with Crippen LogP contribution in [0, 0.1) is 6.92 Å². The summed E-state index contributed by atoms with van der Waals surface area (Å²) in [5.74, 6) is 0.688. The number of aromatic amines is 2. The van der Waals surface area contributed by atoms with E-state index in [0.717, 1.165) is 123 Å². The van der Waals surface area contributed by atoms with Crippen molar-refractivity contribution in [3.63, 3.8) is 0 Å². The Morgan fingerprint density at radius 3 is 1.48 bits per heavy atom. The van der Waals surface area contributed by atoms with E-state index in [2.05, 4.69) is 145 Å². The third-order valence-electron chi connectivity index (χ3n) is 16.3. The van der Waals surface area contributed by atoms with Crippen molar-refractivity contribution in [1.82, 2.24) is 9.97 Å². The van der Waals surface area contributed by atoms with Crippen LogP contribution in [0.5, 0.6) is 11.5 Å². The minimum Gasteiger partial charge on any atom is -0.494 e. The van der Waals surface area contributed by atoms with Crippen molar-refractivity contribution in [2.24, 2.45) is 20.5 Å². The number of aryl methyl sites for hydroxylation is 3. The van der Waals surface area contributed by atoms with Gasteiger partial charge < -0.3 is 29.2 Å². The van der Waals surface area contributed by atoms with Crippen LogP contribution in [0.15, 0.2) is 227 Å². The largest absolute Gasteiger partial charge is 0.494 e. The van der Waals surface area contributed by atoms with Crippen LogP contribution in [0.25, 0.3) is 65.2 Å². The molecule has 2 N–H and O–H groups in total. The third-order valence-corrected chi connectivity index (χ3v) is 16.3. The fourth-order valence-electron chi connectivity index (χ4n) is 12.0. The summed E-state index contributed by atoms with van der Waals surface area (Å²) < 4.78 is 12.5. The summed E-state index contributed by atoms with van der Waals surface area (Å²) in [6, 6.07) is 69.7. The Morgan fingerprint density at radius 2 is 0.942 bits per heavy atom. The first-order valence-corrected chi connectivity index (χ1v) is 28.9. The molecular formula is C73H63N9O4. The molecule has 13 aromatic rings. The van der Waals surface area contributed by atoms with E-state index in [1.54, 1.807) is 26.2 Å². The van der Waals surface area contributed by atoms with Crippen LogP contribution in [0.1, 0.15) is 46.5 Å². The molecule has 2 heterocycles. The first-order valence-electron chi connectivity index (χ1n) is 28.9. The number of nitrogens with zero attached hydrogens (tertiary/aromatic N) is 7. The zero-order valence-electron chi connectivity index (χ0n) is 49.0. The van der Waals surface area contributed by atoms with E-state index >= 15 is 0 Å². The SMILES string of the molecule is CCc1ccccc1N(C)OCc1cc2ccc3c4ccccc4[nH]c3c2c(N=Nc2ccc(N(c3ccc(C)cc3)c3ccc(N=Nc4c(OC)c(C(=O)N(C)c5ccccc5CC)cc5ccc6c7ccccc7[nH]c6c45)cc3)cc2)c1OC. The number of carbonyl (C=O) groups excluding carboxylic acids is 1. The number of azo groups is 2. The molecule has 2 aromatic heterocycles. The molecule has 424 valence electrons. The van der Waals surface area contributed by atoms with Gasteiger partial charge in [0.2, 0.25) is 0 Å². The lowest BCUT2D eigenvalue weighted by Gasteiger charge is -2.25. The molecule has 0 aliphatic rings. The van der Waals surface area contributed by atoms with Gasteiger partial charge in [0.1, 0.15) is 18.0 Å². The molecule has 0 unspecified atom stereocenters. The van der Waals surface area contributed by atoms with Crippen LogP contribution in [0.3, 0.4) is 0 Å². The highest BCUT2D eigenvalue weighted by Crippen LogP contribution is 2.48. The fraction of sp³-hybridized carbons (Fsp3) is 0.137. The molecule has 0 aliphatic carbocycles. The minimum absolute atomic E-state index is 0.222. The van der Waals surface area contributed by atoms with Gasteiger partial charge in [0, 0.05) is 85.8 Å². The molecule has 13 heteroatoms. The maximum Gasteiger partial charge on any atom is 0.261 e. The molecule has 1 amide bonds. The van der Waals surface area contributed by atoms with Crippen molar-refractivity contribution < 1.29 is 19.1 Å². The average molecular weight is 1130 g/mol. The minimum atomic E-state index is -0.222. The Kier molecular flexibility index (Phi) is 14.7. The number of amides is 1. The second-order valence-corrected chi connectivity index (χ2v) is 21.4. The molecule has 0 fully saturated rings. The number of carbonyl (C=O) groups is 1. The van der Waals surface area contributed by atoms with Gasteiger partial charge in [0.25, 0.3) is 5.91 Å². The van der Waals surface area contributed by atoms with Gasteiger partial charge in [-0.3, -0.25) is 14.7 Å². The standard InChI is InChI=1S/C73H63N9O4/c1-8-46-18-10-16-24-63(46)80(4)73(83)60-43-49-29-41-59-57-21-13-15-23-62(57)75-68(59)66(49)70(72(60)85-7)79-77-52-32-38-55(39-33-52)82(53-34-26-45(3)27-35-53)54-36-30-51(31-37-54)76-78-69-65-48(28-40-58-56-20-12-14-22-61(56)74-67(58)65)42-50(71(69)84-6)44-86-81(5)64-25-17-11-19-47(64)9-2/h10-43,74-75H,8-9,44H2,1-7H3. The monoisotopic (exact) mass is 1130 g/mol. The Balaban J connectivity index is 0.852. The smallest absolute Gasteiger partial charge is 0.261 e. The molecule has 0 atom stereocenters. The first-order chi connectivity index (χ1) is 42.1. The van der Waals surface area contributed by atoms with Gasteiger partial charge in [0.15, 0.2) is 11.5 Å². The number of hydrogen-bond acceptors (Lipinski definition) is 10. The van der Waals surface area contributed by atoms with Gasteiger partial charge in [-0.05, 0) is 139 Å². The maximum absolute atomic E-state index is 14.7. The predicted molar refractivity (Wildman–Crippen MR) is 352 cm³/mol. The number of aromatic nitrogens is 2. The summed E-state index contributed by atoms with van der Waals surface area (Å²) in [4.78, 5) is 32.4. The molecule has 0 saturated carbocycles. The topological polar surface area (TPSA) is 136 Å². The number of H-pyrrole nitrogens is 2. The number of anilines is 5. The highest BCUT2D eigenvalue weighted by molar-refractivity contribution is 6.23. The molecule has 0 saturated heterocycles. The Bertz CT molecular complexity index is 4780. The van der Waals surface area contributed by atoms with Crippen molar-refractivity contribution >= 4 is 122 Å². The van der Waals surface area contributed by atoms with E-state index < -0.39 is 0 Å². The highest BCUT2D eigenvalue weighted by atomic mass is 16.7. The first kappa shape index (κ1) is 54.6. The molecule has 0 bridgehead atoms. The van der Waals surface area contributed by atoms with Gasteiger partial charge in [0.05, 0.1) is 47.9 Å². The third kappa shape index (κ3) is 9.97. The molecule has 13 nitrogen and oxygen atoms in total. The van der Waals surface area contributed by atoms with E-state index in [4.69, 9.17) is 34.8 Å². The summed E-state index contributed by atoms with van der Waals surface area (Å²) in [5.41, 5.74) is 15.4. The van der Waals surface area contributed by atoms with Crippen LogP contribution in [-0.2, 0) is 24.3 Å². The Hall–Kier alpha value is -10.6. The van der Waals surface area contributed by atoms with E-state index in [1.807, 2.05) is 109 Å². The number of para-hydroxylation sites is 4. The second-order valence-electron chi connectivity index (χ2n) is 21.4. The van der Waals surface area contributed by atoms with E-state index in [9.17, 15) is 4.79 Å². The highest BCUT2D eigenvalue weighted by Gasteiger charge is 2.27. The van der Waals surface area contributed by atoms with Gasteiger partial charge in [-0.2, -0.15) is 10.2 Å². The van der Waals surface area contributed by atoms with E-state index in [0.29, 0.717) is 39.8 Å². The van der Waals surface area contributed by atoms with Crippen LogP contribution < -0.4 is 24.3 Å². The molecule has 11 aromatic carbocycles. The predicted octanol–water partition coefficient (Wildman–Crippen LogP) is 19.9. The maximum atomic E-state index is 14.7. The molecular weight excluding hydrogens is 1070 g/mol. The Labute approximate surface area is 498 Å². The lowest BCUT2D eigenvalue weighted by Crippen LogP contribution is -2.27. The summed E-state index contributed by atoms with van der Waals surface area (Å²) in [6.07, 6.45) is 1.65. The molecule has 0 aliphatic heterocycles. The van der Waals surface area contributed by atoms with Gasteiger partial charge in [-0.15, -0.1) is 10.2 Å². The van der Waals surface area contributed by atoms with E-state index in [-0.39, 0.29) is 12.5 Å². The van der Waals surface area contributed by atoms with Crippen molar-refractivity contribution in [1.29, 1.82) is 0 Å². The molecule has 13 rings (SSSR count). The number of benzene rings is 11. The number of hydrogen-bond donors (Lipinski definition) is 2. The van der Waals surface area contributed by atoms with Crippen LogP contribution in [-0.4, -0.2) is 44.2 Å². The second kappa shape index (κ2) is 23.2. The molecule has 0 radical (unpaired) electrons. The summed E-state index contributed by atoms with van der Waals surface area (Å²) in [5, 5.41) is 29.5. The van der Waals surface area contributed by atoms with Crippen LogP contribution >= 0.6 is 0 Å².